The highest BCUT2D eigenvalue weighted by molar-refractivity contribution is 14.0. The monoisotopic (exact) mass is 522 g/mol. The second kappa shape index (κ2) is 12.6. The fourth-order valence-electron chi connectivity index (χ4n) is 3.74. The number of guanidine groups is 1. The second-order valence-electron chi connectivity index (χ2n) is 7.95. The Hall–Kier alpha value is -1.10. The maximum absolute atomic E-state index is 12.4. The molecule has 3 N–H and O–H groups in total. The lowest BCUT2D eigenvalue weighted by molar-refractivity contribution is -0.130. The minimum atomic E-state index is -0.760. The summed E-state index contributed by atoms with van der Waals surface area (Å²) in [7, 11) is 0. The van der Waals surface area contributed by atoms with Crippen LogP contribution in [0, 0.1) is 0 Å². The van der Waals surface area contributed by atoms with Crippen LogP contribution in [-0.4, -0.2) is 78.5 Å². The van der Waals surface area contributed by atoms with Gasteiger partial charge in [0, 0.05) is 38.8 Å². The molecule has 2 aliphatic heterocycles. The average Bonchev–Trinajstić information content (AvgIpc) is 2.90. The van der Waals surface area contributed by atoms with E-state index < -0.39 is 5.54 Å². The number of carbonyl (C=O) groups excluding carboxylic acids is 2. The summed E-state index contributed by atoms with van der Waals surface area (Å²) in [6.07, 6.45) is 4.71. The number of amides is 3. The van der Waals surface area contributed by atoms with E-state index in [1.165, 1.54) is 17.9 Å². The molecule has 29 heavy (non-hydrogen) atoms. The van der Waals surface area contributed by atoms with Crippen LogP contribution in [0.4, 0.5) is 4.79 Å². The smallest absolute Gasteiger partial charge is 0.325 e. The molecule has 2 heterocycles. The molecular formula is C20H39IN6O2. The lowest BCUT2D eigenvalue weighted by atomic mass is 9.99. The van der Waals surface area contributed by atoms with Crippen LogP contribution >= 0.6 is 24.0 Å². The Bertz CT molecular complexity index is 565. The van der Waals surface area contributed by atoms with Crippen molar-refractivity contribution in [1.29, 1.82) is 0 Å². The molecule has 0 spiro atoms. The molecule has 2 fully saturated rings. The Morgan fingerprint density at radius 1 is 1.21 bits per heavy atom. The summed E-state index contributed by atoms with van der Waals surface area (Å²) in [4.78, 5) is 33.0. The first-order valence-electron chi connectivity index (χ1n) is 10.8. The number of urea groups is 1. The van der Waals surface area contributed by atoms with Crippen molar-refractivity contribution in [2.45, 2.75) is 71.4 Å². The predicted octanol–water partition coefficient (Wildman–Crippen LogP) is 2.14. The Morgan fingerprint density at radius 3 is 2.45 bits per heavy atom. The van der Waals surface area contributed by atoms with Crippen LogP contribution < -0.4 is 16.0 Å². The molecule has 2 saturated heterocycles. The molecule has 0 bridgehead atoms. The van der Waals surface area contributed by atoms with Gasteiger partial charge in [-0.1, -0.05) is 13.8 Å². The zero-order chi connectivity index (χ0) is 20.6. The van der Waals surface area contributed by atoms with Gasteiger partial charge in [0.15, 0.2) is 5.96 Å². The highest BCUT2D eigenvalue weighted by Gasteiger charge is 2.45. The molecule has 0 aromatic carbocycles. The van der Waals surface area contributed by atoms with Crippen molar-refractivity contribution in [3.63, 3.8) is 0 Å². The number of likely N-dealkylation sites (tertiary alicyclic amines) is 1. The summed E-state index contributed by atoms with van der Waals surface area (Å²) in [5, 5.41) is 9.63. The van der Waals surface area contributed by atoms with E-state index in [2.05, 4.69) is 39.7 Å². The quantitative estimate of drug-likeness (QED) is 0.142. The predicted molar refractivity (Wildman–Crippen MR) is 128 cm³/mol. The van der Waals surface area contributed by atoms with Crippen LogP contribution in [0.1, 0.15) is 59.8 Å². The number of nitrogens with zero attached hydrogens (tertiary/aromatic N) is 3. The number of carbonyl (C=O) groups is 2. The molecule has 9 heteroatoms. The van der Waals surface area contributed by atoms with Gasteiger partial charge in [0.25, 0.3) is 5.91 Å². The maximum atomic E-state index is 12.4. The molecule has 8 nitrogen and oxygen atoms in total. The Balaban J connectivity index is 0.00000420. The lowest BCUT2D eigenvalue weighted by Gasteiger charge is -2.32. The zero-order valence-corrected chi connectivity index (χ0v) is 20.8. The maximum Gasteiger partial charge on any atom is 0.325 e. The van der Waals surface area contributed by atoms with E-state index in [4.69, 9.17) is 0 Å². The molecule has 0 saturated carbocycles. The van der Waals surface area contributed by atoms with E-state index >= 15 is 0 Å². The van der Waals surface area contributed by atoms with Gasteiger partial charge in [-0.2, -0.15) is 0 Å². The third kappa shape index (κ3) is 7.27. The Labute approximate surface area is 192 Å². The summed E-state index contributed by atoms with van der Waals surface area (Å²) in [5.41, 5.74) is -0.760. The molecule has 168 valence electrons. The van der Waals surface area contributed by atoms with Crippen LogP contribution in [0.25, 0.3) is 0 Å². The van der Waals surface area contributed by atoms with Crippen LogP contribution in [0.15, 0.2) is 4.99 Å². The molecule has 3 amide bonds. The van der Waals surface area contributed by atoms with Crippen molar-refractivity contribution in [2.75, 3.05) is 39.3 Å². The minimum absolute atomic E-state index is 0. The van der Waals surface area contributed by atoms with Gasteiger partial charge in [-0.25, -0.2) is 4.79 Å². The molecule has 1 atom stereocenters. The summed E-state index contributed by atoms with van der Waals surface area (Å²) in [6.45, 7) is 13.2. The van der Waals surface area contributed by atoms with E-state index in [9.17, 15) is 9.59 Å². The highest BCUT2D eigenvalue weighted by Crippen LogP contribution is 2.20. The van der Waals surface area contributed by atoms with Crippen molar-refractivity contribution in [1.82, 2.24) is 25.8 Å². The van der Waals surface area contributed by atoms with Gasteiger partial charge >= 0.3 is 6.03 Å². The number of rotatable bonds is 9. The largest absolute Gasteiger partial charge is 0.357 e. The molecule has 2 rings (SSSR count). The summed E-state index contributed by atoms with van der Waals surface area (Å²) < 4.78 is 0. The van der Waals surface area contributed by atoms with Crippen LogP contribution in [-0.2, 0) is 4.79 Å². The molecule has 0 aliphatic carbocycles. The fraction of sp³-hybridized carbons (Fsp3) is 0.850. The number of nitrogens with one attached hydrogen (secondary N) is 3. The van der Waals surface area contributed by atoms with Crippen molar-refractivity contribution >= 4 is 41.9 Å². The third-order valence-corrected chi connectivity index (χ3v) is 5.67. The molecular weight excluding hydrogens is 483 g/mol. The number of hydrogen-bond acceptors (Lipinski definition) is 4. The number of hydrogen-bond donors (Lipinski definition) is 3. The normalized spacial score (nSPS) is 23.7. The second-order valence-corrected chi connectivity index (χ2v) is 7.95. The lowest BCUT2D eigenvalue weighted by Crippen LogP contribution is -2.48. The van der Waals surface area contributed by atoms with E-state index in [0.717, 1.165) is 38.4 Å². The first kappa shape index (κ1) is 25.9. The summed E-state index contributed by atoms with van der Waals surface area (Å²) in [6, 6.07) is 0.157. The number of halogens is 1. The minimum Gasteiger partial charge on any atom is -0.357 e. The van der Waals surface area contributed by atoms with Gasteiger partial charge in [0.2, 0.25) is 0 Å². The third-order valence-electron chi connectivity index (χ3n) is 5.67. The Morgan fingerprint density at radius 2 is 1.90 bits per heavy atom. The van der Waals surface area contributed by atoms with Gasteiger partial charge in [0.1, 0.15) is 5.54 Å². The first-order valence-corrected chi connectivity index (χ1v) is 10.8. The topological polar surface area (TPSA) is 89.1 Å². The molecule has 0 radical (unpaired) electrons. The molecule has 0 aromatic heterocycles. The number of imide groups is 1. The highest BCUT2D eigenvalue weighted by atomic mass is 127. The van der Waals surface area contributed by atoms with Gasteiger partial charge in [-0.05, 0) is 52.5 Å². The average molecular weight is 522 g/mol. The zero-order valence-electron chi connectivity index (χ0n) is 18.4. The number of piperidine rings is 1. The number of aliphatic imine (C=N–C) groups is 1. The van der Waals surface area contributed by atoms with Gasteiger partial charge in [-0.15, -0.1) is 24.0 Å². The van der Waals surface area contributed by atoms with Gasteiger partial charge in [-0.3, -0.25) is 14.7 Å². The molecule has 0 aromatic rings. The molecule has 2 aliphatic rings. The van der Waals surface area contributed by atoms with Crippen molar-refractivity contribution < 1.29 is 9.59 Å². The van der Waals surface area contributed by atoms with Crippen molar-refractivity contribution in [2.24, 2.45) is 4.99 Å². The van der Waals surface area contributed by atoms with Crippen molar-refractivity contribution in [3.05, 3.63) is 0 Å². The summed E-state index contributed by atoms with van der Waals surface area (Å²) >= 11 is 0. The van der Waals surface area contributed by atoms with Crippen LogP contribution in [0.2, 0.25) is 0 Å². The van der Waals surface area contributed by atoms with Crippen LogP contribution in [0.3, 0.4) is 0 Å². The van der Waals surface area contributed by atoms with E-state index in [1.54, 1.807) is 6.92 Å². The Kier molecular flexibility index (Phi) is 11.2. The standard InChI is InChI=1S/C20H38N6O2.HI/c1-5-12-25-14-9-16(10-15-25)23-18(21-7-3)22-11-8-13-26-17(27)20(4,6-2)24-19(26)28;/h16H,5-15H2,1-4H3,(H,24,28)(H2,21,22,23);1H. The van der Waals surface area contributed by atoms with Crippen LogP contribution in [0.5, 0.6) is 0 Å². The van der Waals surface area contributed by atoms with Crippen molar-refractivity contribution in [3.8, 4) is 0 Å². The van der Waals surface area contributed by atoms with Gasteiger partial charge in [0.05, 0.1) is 0 Å². The SMILES string of the molecule is CCCN1CCC(NC(=NCCCN2C(=O)NC(C)(CC)C2=O)NCC)CC1.I. The van der Waals surface area contributed by atoms with E-state index in [1.807, 2.05) is 6.92 Å². The fourth-order valence-corrected chi connectivity index (χ4v) is 3.74. The summed E-state index contributed by atoms with van der Waals surface area (Å²) in [5.74, 6) is 0.694. The van der Waals surface area contributed by atoms with E-state index in [-0.39, 0.29) is 35.9 Å². The first-order chi connectivity index (χ1) is 13.4. The molecule has 1 unspecified atom stereocenters. The van der Waals surface area contributed by atoms with E-state index in [0.29, 0.717) is 32.0 Å². The van der Waals surface area contributed by atoms with Gasteiger partial charge < -0.3 is 20.9 Å².